The summed E-state index contributed by atoms with van der Waals surface area (Å²) in [5, 5.41) is 0. The van der Waals surface area contributed by atoms with Crippen molar-refractivity contribution in [3.63, 3.8) is 0 Å². The number of rotatable bonds is 19. The Hall–Kier alpha value is -6.64. The Morgan fingerprint density at radius 2 is 1.30 bits per heavy atom. The minimum absolute atomic E-state index is 0.0264. The van der Waals surface area contributed by atoms with Gasteiger partial charge < -0.3 is 23.7 Å². The number of hydrogen-bond donors (Lipinski definition) is 2. The molecule has 2 saturated heterocycles. The standard InChI is InChI=1S/C48H51N6O14P/c1-30-26-53(46(58)51-44(30)56)42-23-38(65-32(3)55)41(67-42)29-64-69(60,63-22-19-36-25-49-20-21-50-36)68-39-24-43(54-27-31(2)45(57)52-47(54)59)66-40(39)28-62-48(33-11-7-5-8-12-33,34-13-9-6-10-14-34)35-15-17-37(61-4)18-16-35/h5-18,20-21,25-27,38-43H,19,22-24,28-29H2,1-4H3,(H,51,56,58)(H,52,57,59)/t38-,39-,40+,41+,42+,43+,69?/m0/s1. The zero-order valence-electron chi connectivity index (χ0n) is 38.1. The van der Waals surface area contributed by atoms with Crippen LogP contribution in [-0.2, 0) is 53.9 Å². The van der Waals surface area contributed by atoms with Crippen LogP contribution < -0.4 is 27.2 Å². The van der Waals surface area contributed by atoms with Crippen LogP contribution in [0.4, 0.5) is 0 Å². The second-order valence-electron chi connectivity index (χ2n) is 16.5. The number of benzene rings is 3. The van der Waals surface area contributed by atoms with E-state index in [0.717, 1.165) is 16.7 Å². The van der Waals surface area contributed by atoms with Crippen molar-refractivity contribution in [2.24, 2.45) is 0 Å². The predicted octanol–water partition coefficient (Wildman–Crippen LogP) is 4.79. The summed E-state index contributed by atoms with van der Waals surface area (Å²) in [7, 11) is -3.17. The molecule has 0 bridgehead atoms. The number of ether oxygens (including phenoxy) is 5. The third-order valence-corrected chi connectivity index (χ3v) is 13.3. The Balaban J connectivity index is 1.15. The molecule has 2 fully saturated rings. The second-order valence-corrected chi connectivity index (χ2v) is 18.1. The Bertz CT molecular complexity index is 2960. The number of aromatic nitrogens is 6. The summed E-state index contributed by atoms with van der Waals surface area (Å²) in [6.07, 6.45) is 0.742. The molecule has 2 aliphatic heterocycles. The molecule has 69 heavy (non-hydrogen) atoms. The van der Waals surface area contributed by atoms with E-state index in [1.54, 1.807) is 14.0 Å². The first-order valence-electron chi connectivity index (χ1n) is 22.1. The average Bonchev–Trinajstić information content (AvgIpc) is 3.94. The van der Waals surface area contributed by atoms with Crippen LogP contribution in [0.2, 0.25) is 0 Å². The molecule has 5 heterocycles. The van der Waals surface area contributed by atoms with Crippen LogP contribution in [0.1, 0.15) is 65.7 Å². The maximum absolute atomic E-state index is 15.2. The van der Waals surface area contributed by atoms with Crippen molar-refractivity contribution in [1.82, 2.24) is 29.1 Å². The van der Waals surface area contributed by atoms with Crippen molar-refractivity contribution in [2.45, 2.75) is 82.5 Å². The molecule has 20 nitrogen and oxygen atoms in total. The van der Waals surface area contributed by atoms with Gasteiger partial charge in [0.15, 0.2) is 0 Å². The predicted molar refractivity (Wildman–Crippen MR) is 247 cm³/mol. The van der Waals surface area contributed by atoms with Gasteiger partial charge in [0.05, 0.1) is 32.6 Å². The number of carbonyl (C=O) groups excluding carboxylic acids is 1. The topological polar surface area (TPSA) is 243 Å². The highest BCUT2D eigenvalue weighted by Gasteiger charge is 2.47. The molecule has 7 atom stereocenters. The molecule has 0 spiro atoms. The Morgan fingerprint density at radius 1 is 0.754 bits per heavy atom. The number of phosphoric acid groups is 1. The lowest BCUT2D eigenvalue weighted by Crippen LogP contribution is -2.38. The monoisotopic (exact) mass is 966 g/mol. The highest BCUT2D eigenvalue weighted by atomic mass is 31.2. The summed E-state index contributed by atoms with van der Waals surface area (Å²) >= 11 is 0. The number of H-pyrrole nitrogens is 2. The van der Waals surface area contributed by atoms with Crippen molar-refractivity contribution in [2.75, 3.05) is 26.9 Å². The molecule has 2 aliphatic rings. The molecule has 0 aliphatic carbocycles. The minimum Gasteiger partial charge on any atom is -0.497 e. The first-order valence-corrected chi connectivity index (χ1v) is 23.6. The van der Waals surface area contributed by atoms with Gasteiger partial charge in [-0.1, -0.05) is 72.8 Å². The smallest absolute Gasteiger partial charge is 0.475 e. The molecular weight excluding hydrogens is 916 g/mol. The van der Waals surface area contributed by atoms with Crippen LogP contribution >= 0.6 is 7.82 Å². The number of hydrogen-bond acceptors (Lipinski definition) is 16. The van der Waals surface area contributed by atoms with Crippen LogP contribution in [0.5, 0.6) is 5.75 Å². The Labute approximate surface area is 394 Å². The summed E-state index contributed by atoms with van der Waals surface area (Å²) in [6, 6.07) is 26.6. The highest BCUT2D eigenvalue weighted by Crippen LogP contribution is 2.54. The molecule has 21 heteroatoms. The molecular formula is C48H51N6O14P. The minimum atomic E-state index is -4.75. The molecule has 3 aromatic heterocycles. The zero-order chi connectivity index (χ0) is 48.7. The average molecular weight is 967 g/mol. The van der Waals surface area contributed by atoms with Gasteiger partial charge in [-0.15, -0.1) is 0 Å². The SMILES string of the molecule is COc1ccc(C(OC[C@H]2O[C@@H](n3cc(C)c(=O)[nH]c3=O)C[C@@H]2OP(=O)(OCCc2cnccn2)OC[C@H]2O[C@@H](n3cc(C)c(=O)[nH]c3=O)C[C@@H]2OC(C)=O)(c2ccccc2)c2ccccc2)cc1. The first kappa shape index (κ1) is 48.8. The number of aryl methyl sites for hydroxylation is 2. The quantitative estimate of drug-likeness (QED) is 0.0630. The van der Waals surface area contributed by atoms with E-state index >= 15 is 4.57 Å². The highest BCUT2D eigenvalue weighted by molar-refractivity contribution is 7.48. The summed E-state index contributed by atoms with van der Waals surface area (Å²) in [5.74, 6) is -0.0284. The third kappa shape index (κ3) is 11.1. The summed E-state index contributed by atoms with van der Waals surface area (Å²) in [4.78, 5) is 76.2. The van der Waals surface area contributed by atoms with Crippen molar-refractivity contribution < 1.29 is 46.6 Å². The van der Waals surface area contributed by atoms with Crippen LogP contribution in [0.3, 0.4) is 0 Å². The van der Waals surface area contributed by atoms with Gasteiger partial charge >= 0.3 is 25.2 Å². The molecule has 1 unspecified atom stereocenters. The van der Waals surface area contributed by atoms with E-state index in [0.29, 0.717) is 11.4 Å². The first-order chi connectivity index (χ1) is 33.2. The van der Waals surface area contributed by atoms with Crippen molar-refractivity contribution in [3.05, 3.63) is 191 Å². The third-order valence-electron chi connectivity index (χ3n) is 11.8. The van der Waals surface area contributed by atoms with Crippen LogP contribution in [0, 0.1) is 13.8 Å². The van der Waals surface area contributed by atoms with Crippen LogP contribution in [0.25, 0.3) is 0 Å². The summed E-state index contributed by atoms with van der Waals surface area (Å²) in [6.45, 7) is 3.27. The lowest BCUT2D eigenvalue weighted by molar-refractivity contribution is -0.150. The number of nitrogens with zero attached hydrogens (tertiary/aromatic N) is 4. The summed E-state index contributed by atoms with van der Waals surface area (Å²) in [5.41, 5.74) is -0.687. The van der Waals surface area contributed by atoms with Gasteiger partial charge in [0.2, 0.25) is 0 Å². The van der Waals surface area contributed by atoms with E-state index in [2.05, 4.69) is 19.9 Å². The number of nitrogens with one attached hydrogen (secondary N) is 2. The van der Waals surface area contributed by atoms with Crippen LogP contribution in [-0.4, -0.2) is 86.4 Å². The number of phosphoric ester groups is 1. The molecule has 0 radical (unpaired) electrons. The number of methoxy groups -OCH3 is 1. The van der Waals surface area contributed by atoms with E-state index in [-0.39, 0.29) is 43.6 Å². The summed E-state index contributed by atoms with van der Waals surface area (Å²) < 4.78 is 67.2. The van der Waals surface area contributed by atoms with Gasteiger partial charge in [-0.3, -0.25) is 57.0 Å². The number of esters is 1. The van der Waals surface area contributed by atoms with Gasteiger partial charge in [0, 0.05) is 68.3 Å². The lowest BCUT2D eigenvalue weighted by atomic mass is 9.80. The van der Waals surface area contributed by atoms with Gasteiger partial charge in [-0.05, 0) is 42.7 Å². The fraction of sp³-hybridized carbons (Fsp3) is 0.354. The zero-order valence-corrected chi connectivity index (χ0v) is 39.0. The Kier molecular flexibility index (Phi) is 15.1. The normalized spacial score (nSPS) is 21.2. The van der Waals surface area contributed by atoms with Gasteiger partial charge in [-0.25, -0.2) is 14.2 Å². The fourth-order valence-corrected chi connectivity index (χ4v) is 9.76. The molecule has 0 amide bonds. The van der Waals surface area contributed by atoms with E-state index in [9.17, 15) is 24.0 Å². The van der Waals surface area contributed by atoms with E-state index < -0.39 is 85.4 Å². The number of aromatic amines is 2. The van der Waals surface area contributed by atoms with E-state index in [1.807, 2.05) is 84.9 Å². The second kappa shape index (κ2) is 21.3. The van der Waals surface area contributed by atoms with Crippen molar-refractivity contribution >= 4 is 13.8 Å². The maximum Gasteiger partial charge on any atom is 0.475 e. The van der Waals surface area contributed by atoms with Gasteiger partial charge in [0.1, 0.15) is 48.2 Å². The molecule has 0 saturated carbocycles. The number of carbonyl (C=O) groups is 1. The Morgan fingerprint density at radius 3 is 1.84 bits per heavy atom. The van der Waals surface area contributed by atoms with Crippen LogP contribution in [0.15, 0.2) is 135 Å². The molecule has 362 valence electrons. The van der Waals surface area contributed by atoms with Crippen molar-refractivity contribution in [3.8, 4) is 5.75 Å². The maximum atomic E-state index is 15.2. The largest absolute Gasteiger partial charge is 0.497 e. The van der Waals surface area contributed by atoms with E-state index in [4.69, 9.17) is 37.3 Å². The van der Waals surface area contributed by atoms with Crippen molar-refractivity contribution in [1.29, 1.82) is 0 Å². The molecule has 2 N–H and O–H groups in total. The molecule has 8 rings (SSSR count). The molecule has 6 aromatic rings. The van der Waals surface area contributed by atoms with Gasteiger partial charge in [0.25, 0.3) is 11.1 Å². The lowest BCUT2D eigenvalue weighted by Gasteiger charge is -2.37. The fourth-order valence-electron chi connectivity index (χ4n) is 8.37. The molecule has 3 aromatic carbocycles. The van der Waals surface area contributed by atoms with Gasteiger partial charge in [-0.2, -0.15) is 0 Å². The van der Waals surface area contributed by atoms with E-state index in [1.165, 1.54) is 54.0 Å².